The third kappa shape index (κ3) is 4.71. The van der Waals surface area contributed by atoms with Gasteiger partial charge in [0.1, 0.15) is 12.4 Å². The van der Waals surface area contributed by atoms with Crippen LogP contribution in [0.25, 0.3) is 0 Å². The second kappa shape index (κ2) is 6.58. The van der Waals surface area contributed by atoms with E-state index >= 15 is 0 Å². The maximum absolute atomic E-state index is 13.6. The monoisotopic (exact) mass is 292 g/mol. The van der Waals surface area contributed by atoms with Gasteiger partial charge in [0.05, 0.1) is 5.56 Å². The van der Waals surface area contributed by atoms with Crippen molar-refractivity contribution in [2.45, 2.75) is 25.9 Å². The second-order valence-electron chi connectivity index (χ2n) is 4.43. The summed E-state index contributed by atoms with van der Waals surface area (Å²) in [7, 11) is 0. The Morgan fingerprint density at radius 1 is 1.35 bits per heavy atom. The molecule has 0 heterocycles. The molecule has 112 valence electrons. The van der Waals surface area contributed by atoms with E-state index in [1.807, 2.05) is 0 Å². The molecule has 1 aromatic carbocycles. The van der Waals surface area contributed by atoms with Gasteiger partial charge in [0.15, 0.2) is 0 Å². The molecule has 0 aliphatic rings. The fourth-order valence-electron chi connectivity index (χ4n) is 1.69. The zero-order valence-electron chi connectivity index (χ0n) is 11.0. The Labute approximate surface area is 114 Å². The van der Waals surface area contributed by atoms with Crippen LogP contribution < -0.4 is 5.73 Å². The van der Waals surface area contributed by atoms with E-state index < -0.39 is 30.0 Å². The summed E-state index contributed by atoms with van der Waals surface area (Å²) in [5, 5.41) is 0. The topological polar surface area (TPSA) is 46.3 Å². The Kier molecular flexibility index (Phi) is 5.35. The molecule has 1 rings (SSSR count). The Bertz CT molecular complexity index is 474. The molecule has 1 aromatic rings. The van der Waals surface area contributed by atoms with Gasteiger partial charge in [0, 0.05) is 12.2 Å². The van der Waals surface area contributed by atoms with Crippen LogP contribution in [0.2, 0.25) is 0 Å². The van der Waals surface area contributed by atoms with Gasteiger partial charge in [-0.05, 0) is 24.6 Å². The van der Waals surface area contributed by atoms with Gasteiger partial charge in [-0.25, -0.2) is 4.39 Å². The SMILES string of the molecule is CCCCN(CC(F)(F)F)C(=O)c1ccc(N)cc1F. The lowest BCUT2D eigenvalue weighted by Gasteiger charge is -2.24. The second-order valence-corrected chi connectivity index (χ2v) is 4.43. The van der Waals surface area contributed by atoms with Crippen molar-refractivity contribution in [1.29, 1.82) is 0 Å². The van der Waals surface area contributed by atoms with Crippen molar-refractivity contribution in [2.24, 2.45) is 0 Å². The van der Waals surface area contributed by atoms with Gasteiger partial charge < -0.3 is 10.6 Å². The van der Waals surface area contributed by atoms with Gasteiger partial charge >= 0.3 is 6.18 Å². The van der Waals surface area contributed by atoms with Crippen molar-refractivity contribution < 1.29 is 22.4 Å². The van der Waals surface area contributed by atoms with Crippen LogP contribution in [0.3, 0.4) is 0 Å². The highest BCUT2D eigenvalue weighted by Gasteiger charge is 2.33. The summed E-state index contributed by atoms with van der Waals surface area (Å²) >= 11 is 0. The van der Waals surface area contributed by atoms with E-state index in [2.05, 4.69) is 0 Å². The van der Waals surface area contributed by atoms with Crippen molar-refractivity contribution in [3.63, 3.8) is 0 Å². The largest absolute Gasteiger partial charge is 0.406 e. The average molecular weight is 292 g/mol. The van der Waals surface area contributed by atoms with Crippen LogP contribution in [0.5, 0.6) is 0 Å². The van der Waals surface area contributed by atoms with Crippen molar-refractivity contribution in [3.8, 4) is 0 Å². The zero-order chi connectivity index (χ0) is 15.3. The molecular weight excluding hydrogens is 276 g/mol. The first-order valence-corrected chi connectivity index (χ1v) is 6.15. The maximum Gasteiger partial charge on any atom is 0.406 e. The van der Waals surface area contributed by atoms with Gasteiger partial charge in [-0.2, -0.15) is 13.2 Å². The highest BCUT2D eigenvalue weighted by atomic mass is 19.4. The summed E-state index contributed by atoms with van der Waals surface area (Å²) in [6.45, 7) is 0.328. The summed E-state index contributed by atoms with van der Waals surface area (Å²) in [5.74, 6) is -1.90. The molecular formula is C13H16F4N2O. The summed E-state index contributed by atoms with van der Waals surface area (Å²) in [6.07, 6.45) is -3.47. The Morgan fingerprint density at radius 3 is 2.50 bits per heavy atom. The number of rotatable bonds is 5. The number of hydrogen-bond donors (Lipinski definition) is 1. The van der Waals surface area contributed by atoms with Crippen LogP contribution in [0, 0.1) is 5.82 Å². The van der Waals surface area contributed by atoms with E-state index in [0.29, 0.717) is 17.7 Å². The van der Waals surface area contributed by atoms with E-state index in [-0.39, 0.29) is 12.2 Å². The van der Waals surface area contributed by atoms with Gasteiger partial charge in [0.2, 0.25) is 0 Å². The number of amides is 1. The van der Waals surface area contributed by atoms with Crippen molar-refractivity contribution in [1.82, 2.24) is 4.90 Å². The predicted molar refractivity (Wildman–Crippen MR) is 67.7 cm³/mol. The summed E-state index contributed by atoms with van der Waals surface area (Å²) < 4.78 is 51.0. The number of unbranched alkanes of at least 4 members (excludes halogenated alkanes) is 1. The summed E-state index contributed by atoms with van der Waals surface area (Å²) in [4.78, 5) is 12.6. The molecule has 0 fully saturated rings. The molecule has 1 amide bonds. The quantitative estimate of drug-likeness (QED) is 0.669. The molecule has 0 saturated carbocycles. The molecule has 3 nitrogen and oxygen atoms in total. The van der Waals surface area contributed by atoms with Crippen LogP contribution >= 0.6 is 0 Å². The Morgan fingerprint density at radius 2 is 2.00 bits per heavy atom. The number of benzene rings is 1. The molecule has 0 radical (unpaired) electrons. The maximum atomic E-state index is 13.6. The number of nitrogens with zero attached hydrogens (tertiary/aromatic N) is 1. The van der Waals surface area contributed by atoms with Gasteiger partial charge in [-0.1, -0.05) is 13.3 Å². The lowest BCUT2D eigenvalue weighted by molar-refractivity contribution is -0.140. The van der Waals surface area contributed by atoms with Gasteiger partial charge in [-0.15, -0.1) is 0 Å². The molecule has 0 aliphatic carbocycles. The van der Waals surface area contributed by atoms with E-state index in [4.69, 9.17) is 5.73 Å². The molecule has 0 aromatic heterocycles. The smallest absolute Gasteiger partial charge is 0.399 e. The number of nitrogens with two attached hydrogens (primary N) is 1. The standard InChI is InChI=1S/C13H16F4N2O/c1-2-3-6-19(8-13(15,16)17)12(20)10-5-4-9(18)7-11(10)14/h4-5,7H,2-3,6,8,18H2,1H3. The first-order chi connectivity index (χ1) is 9.24. The minimum atomic E-state index is -4.52. The number of halogens is 4. The van der Waals surface area contributed by atoms with Crippen molar-refractivity contribution in [2.75, 3.05) is 18.8 Å². The van der Waals surface area contributed by atoms with E-state index in [1.165, 1.54) is 6.07 Å². The van der Waals surface area contributed by atoms with Crippen LogP contribution in [0.4, 0.5) is 23.2 Å². The third-order valence-electron chi connectivity index (χ3n) is 2.66. The van der Waals surface area contributed by atoms with Crippen molar-refractivity contribution >= 4 is 11.6 Å². The number of carbonyl (C=O) groups excluding carboxylic acids is 1. The van der Waals surface area contributed by atoms with E-state index in [9.17, 15) is 22.4 Å². The lowest BCUT2D eigenvalue weighted by Crippen LogP contribution is -2.40. The highest BCUT2D eigenvalue weighted by Crippen LogP contribution is 2.20. The predicted octanol–water partition coefficient (Wildman–Crippen LogP) is 3.21. The van der Waals surface area contributed by atoms with E-state index in [1.54, 1.807) is 6.92 Å². The first kappa shape index (κ1) is 16.3. The minimum absolute atomic E-state index is 0.0708. The van der Waals surface area contributed by atoms with Gasteiger partial charge in [0.25, 0.3) is 5.91 Å². The number of alkyl halides is 3. The highest BCUT2D eigenvalue weighted by molar-refractivity contribution is 5.94. The fraction of sp³-hybridized carbons (Fsp3) is 0.462. The van der Waals surface area contributed by atoms with Crippen LogP contribution in [0.1, 0.15) is 30.1 Å². The number of carbonyl (C=O) groups is 1. The van der Waals surface area contributed by atoms with Crippen LogP contribution in [-0.4, -0.2) is 30.1 Å². The number of hydrogen-bond acceptors (Lipinski definition) is 2. The molecule has 0 bridgehead atoms. The Balaban J connectivity index is 2.96. The fourth-order valence-corrected chi connectivity index (χ4v) is 1.69. The normalized spacial score (nSPS) is 11.4. The van der Waals surface area contributed by atoms with Crippen molar-refractivity contribution in [3.05, 3.63) is 29.6 Å². The van der Waals surface area contributed by atoms with Crippen LogP contribution in [0.15, 0.2) is 18.2 Å². The number of anilines is 1. The molecule has 7 heteroatoms. The molecule has 0 aliphatic heterocycles. The lowest BCUT2D eigenvalue weighted by atomic mass is 10.1. The summed E-state index contributed by atoms with van der Waals surface area (Å²) in [6, 6.07) is 3.29. The average Bonchev–Trinajstić information content (AvgIpc) is 2.32. The molecule has 0 saturated heterocycles. The van der Waals surface area contributed by atoms with E-state index in [0.717, 1.165) is 12.1 Å². The first-order valence-electron chi connectivity index (χ1n) is 6.15. The molecule has 20 heavy (non-hydrogen) atoms. The Hall–Kier alpha value is -1.79. The number of nitrogen functional groups attached to an aromatic ring is 1. The van der Waals surface area contributed by atoms with Gasteiger partial charge in [-0.3, -0.25) is 4.79 Å². The molecule has 2 N–H and O–H groups in total. The summed E-state index contributed by atoms with van der Waals surface area (Å²) in [5.41, 5.74) is 5.04. The molecule has 0 atom stereocenters. The third-order valence-corrected chi connectivity index (χ3v) is 2.66. The van der Waals surface area contributed by atoms with Crippen LogP contribution in [-0.2, 0) is 0 Å². The minimum Gasteiger partial charge on any atom is -0.399 e. The molecule has 0 unspecified atom stereocenters. The molecule has 0 spiro atoms. The zero-order valence-corrected chi connectivity index (χ0v) is 11.0.